The first-order valence-electron chi connectivity index (χ1n) is 6.80. The molecule has 100 valence electrons. The predicted molar refractivity (Wildman–Crippen MR) is 79.7 cm³/mol. The summed E-state index contributed by atoms with van der Waals surface area (Å²) in [7, 11) is 0. The van der Waals surface area contributed by atoms with Gasteiger partial charge in [0.2, 0.25) is 0 Å². The van der Waals surface area contributed by atoms with E-state index < -0.39 is 0 Å². The SMILES string of the molecule is CC(C)Sc1ccc(C(N)C2(CN)CCC2)cc1. The van der Waals surface area contributed by atoms with Gasteiger partial charge in [0, 0.05) is 21.6 Å². The number of nitrogens with two attached hydrogens (primary N) is 2. The van der Waals surface area contributed by atoms with Crippen LogP contribution in [0.5, 0.6) is 0 Å². The molecule has 3 heteroatoms. The number of rotatable bonds is 5. The Morgan fingerprint density at radius 3 is 2.22 bits per heavy atom. The van der Waals surface area contributed by atoms with Crippen molar-refractivity contribution in [1.82, 2.24) is 0 Å². The van der Waals surface area contributed by atoms with E-state index in [1.165, 1.54) is 29.7 Å². The minimum Gasteiger partial charge on any atom is -0.330 e. The molecule has 1 unspecified atom stereocenters. The maximum Gasteiger partial charge on any atom is 0.0364 e. The molecule has 0 heterocycles. The molecule has 0 radical (unpaired) electrons. The van der Waals surface area contributed by atoms with E-state index in [0.717, 1.165) is 0 Å². The zero-order valence-corrected chi connectivity index (χ0v) is 12.2. The fourth-order valence-electron chi connectivity index (χ4n) is 2.65. The summed E-state index contributed by atoms with van der Waals surface area (Å²) >= 11 is 1.89. The second kappa shape index (κ2) is 5.64. The molecule has 1 saturated carbocycles. The largest absolute Gasteiger partial charge is 0.330 e. The van der Waals surface area contributed by atoms with Crippen LogP contribution in [0.3, 0.4) is 0 Å². The smallest absolute Gasteiger partial charge is 0.0364 e. The first-order valence-corrected chi connectivity index (χ1v) is 7.68. The van der Waals surface area contributed by atoms with E-state index in [2.05, 4.69) is 38.1 Å². The Balaban J connectivity index is 2.09. The Labute approximate surface area is 115 Å². The second-order valence-corrected chi connectivity index (χ2v) is 7.28. The van der Waals surface area contributed by atoms with Crippen molar-refractivity contribution >= 4 is 11.8 Å². The van der Waals surface area contributed by atoms with Gasteiger partial charge in [-0.3, -0.25) is 0 Å². The lowest BCUT2D eigenvalue weighted by Gasteiger charge is -2.45. The van der Waals surface area contributed by atoms with Gasteiger partial charge >= 0.3 is 0 Å². The summed E-state index contributed by atoms with van der Waals surface area (Å²) in [5, 5.41) is 0.617. The Hall–Kier alpha value is -0.510. The van der Waals surface area contributed by atoms with Crippen molar-refractivity contribution < 1.29 is 0 Å². The Morgan fingerprint density at radius 1 is 1.22 bits per heavy atom. The summed E-state index contributed by atoms with van der Waals surface area (Å²) < 4.78 is 0. The highest BCUT2D eigenvalue weighted by atomic mass is 32.2. The van der Waals surface area contributed by atoms with Gasteiger partial charge in [0.1, 0.15) is 0 Å². The molecule has 18 heavy (non-hydrogen) atoms. The molecule has 0 bridgehead atoms. The molecule has 4 N–H and O–H groups in total. The summed E-state index contributed by atoms with van der Waals surface area (Å²) in [6, 6.07) is 8.80. The number of benzene rings is 1. The van der Waals surface area contributed by atoms with Gasteiger partial charge in [0.25, 0.3) is 0 Å². The zero-order chi connectivity index (χ0) is 13.2. The minimum absolute atomic E-state index is 0.0920. The normalized spacial score (nSPS) is 19.6. The third kappa shape index (κ3) is 2.73. The van der Waals surface area contributed by atoms with Gasteiger partial charge in [-0.05, 0) is 37.1 Å². The third-order valence-corrected chi connectivity index (χ3v) is 5.04. The summed E-state index contributed by atoms with van der Waals surface area (Å²) in [5.41, 5.74) is 13.7. The van der Waals surface area contributed by atoms with Crippen LogP contribution in [0.2, 0.25) is 0 Å². The van der Waals surface area contributed by atoms with Crippen molar-refractivity contribution in [1.29, 1.82) is 0 Å². The van der Waals surface area contributed by atoms with Crippen LogP contribution >= 0.6 is 11.8 Å². The van der Waals surface area contributed by atoms with E-state index in [-0.39, 0.29) is 11.5 Å². The van der Waals surface area contributed by atoms with Crippen LogP contribution in [0.4, 0.5) is 0 Å². The average molecular weight is 264 g/mol. The van der Waals surface area contributed by atoms with Crippen LogP contribution in [-0.4, -0.2) is 11.8 Å². The van der Waals surface area contributed by atoms with Crippen molar-refractivity contribution in [3.05, 3.63) is 29.8 Å². The lowest BCUT2D eigenvalue weighted by Crippen LogP contribution is -2.46. The molecular formula is C15H24N2S. The fourth-order valence-corrected chi connectivity index (χ4v) is 3.49. The van der Waals surface area contributed by atoms with Crippen LogP contribution in [0, 0.1) is 5.41 Å². The van der Waals surface area contributed by atoms with E-state index in [4.69, 9.17) is 11.5 Å². The molecule has 1 atom stereocenters. The average Bonchev–Trinajstić information content (AvgIpc) is 2.28. The van der Waals surface area contributed by atoms with Crippen molar-refractivity contribution in [2.75, 3.05) is 6.54 Å². The van der Waals surface area contributed by atoms with Crippen LogP contribution < -0.4 is 11.5 Å². The standard InChI is InChI=1S/C15H24N2S/c1-11(2)18-13-6-4-12(5-7-13)14(17)15(10-16)8-3-9-15/h4-7,11,14H,3,8-10,16-17H2,1-2H3. The van der Waals surface area contributed by atoms with E-state index >= 15 is 0 Å². The Kier molecular flexibility index (Phi) is 4.36. The van der Waals surface area contributed by atoms with Crippen LogP contribution in [0.1, 0.15) is 44.7 Å². The van der Waals surface area contributed by atoms with Gasteiger partial charge in [-0.15, -0.1) is 11.8 Å². The lowest BCUT2D eigenvalue weighted by molar-refractivity contribution is 0.105. The first kappa shape index (κ1) is 13.9. The van der Waals surface area contributed by atoms with E-state index in [9.17, 15) is 0 Å². The van der Waals surface area contributed by atoms with Crippen molar-refractivity contribution in [2.24, 2.45) is 16.9 Å². The third-order valence-electron chi connectivity index (χ3n) is 4.03. The molecule has 1 aromatic carbocycles. The number of hydrogen-bond acceptors (Lipinski definition) is 3. The minimum atomic E-state index is 0.0920. The van der Waals surface area contributed by atoms with E-state index in [1.54, 1.807) is 0 Å². The maximum absolute atomic E-state index is 6.41. The summed E-state index contributed by atoms with van der Waals surface area (Å²) in [6.07, 6.45) is 3.62. The maximum atomic E-state index is 6.41. The number of hydrogen-bond donors (Lipinski definition) is 2. The highest BCUT2D eigenvalue weighted by Crippen LogP contribution is 2.48. The molecule has 1 fully saturated rings. The van der Waals surface area contributed by atoms with Crippen molar-refractivity contribution in [3.63, 3.8) is 0 Å². The molecule has 0 saturated heterocycles. The highest BCUT2D eigenvalue weighted by Gasteiger charge is 2.41. The quantitative estimate of drug-likeness (QED) is 0.802. The van der Waals surface area contributed by atoms with Gasteiger partial charge in [-0.1, -0.05) is 32.4 Å². The zero-order valence-electron chi connectivity index (χ0n) is 11.4. The van der Waals surface area contributed by atoms with Crippen LogP contribution in [0.15, 0.2) is 29.2 Å². The van der Waals surface area contributed by atoms with Gasteiger partial charge in [0.05, 0.1) is 0 Å². The van der Waals surface area contributed by atoms with Crippen molar-refractivity contribution in [2.45, 2.75) is 49.3 Å². The second-order valence-electron chi connectivity index (χ2n) is 5.63. The molecule has 2 rings (SSSR count). The summed E-state index contributed by atoms with van der Waals surface area (Å²) in [5.74, 6) is 0. The molecule has 1 aliphatic carbocycles. The van der Waals surface area contributed by atoms with Gasteiger partial charge in [-0.25, -0.2) is 0 Å². The van der Waals surface area contributed by atoms with E-state index in [1.807, 2.05) is 11.8 Å². The lowest BCUT2D eigenvalue weighted by atomic mass is 9.63. The molecule has 1 aromatic rings. The van der Waals surface area contributed by atoms with E-state index in [0.29, 0.717) is 11.8 Å². The van der Waals surface area contributed by atoms with Gasteiger partial charge in [-0.2, -0.15) is 0 Å². The molecule has 0 aromatic heterocycles. The molecule has 0 amide bonds. The molecule has 0 aliphatic heterocycles. The monoisotopic (exact) mass is 264 g/mol. The van der Waals surface area contributed by atoms with Crippen molar-refractivity contribution in [3.8, 4) is 0 Å². The fraction of sp³-hybridized carbons (Fsp3) is 0.600. The summed E-state index contributed by atoms with van der Waals surface area (Å²) in [4.78, 5) is 1.32. The predicted octanol–water partition coefficient (Wildman–Crippen LogP) is 3.32. The molecule has 0 spiro atoms. The highest BCUT2D eigenvalue weighted by molar-refractivity contribution is 7.99. The Bertz CT molecular complexity index is 376. The number of thioether (sulfide) groups is 1. The van der Waals surface area contributed by atoms with Crippen LogP contribution in [-0.2, 0) is 0 Å². The van der Waals surface area contributed by atoms with Gasteiger partial charge < -0.3 is 11.5 Å². The topological polar surface area (TPSA) is 52.0 Å². The molecular weight excluding hydrogens is 240 g/mol. The van der Waals surface area contributed by atoms with Crippen LogP contribution in [0.25, 0.3) is 0 Å². The van der Waals surface area contributed by atoms with Gasteiger partial charge in [0.15, 0.2) is 0 Å². The Morgan fingerprint density at radius 2 is 1.83 bits per heavy atom. The molecule has 2 nitrogen and oxygen atoms in total. The summed E-state index contributed by atoms with van der Waals surface area (Å²) in [6.45, 7) is 5.13. The first-order chi connectivity index (χ1) is 8.57. The molecule has 1 aliphatic rings.